The third-order valence-electron chi connectivity index (χ3n) is 3.67. The van der Waals surface area contributed by atoms with Gasteiger partial charge in [-0.25, -0.2) is 0 Å². The first-order valence-electron chi connectivity index (χ1n) is 5.88. The van der Waals surface area contributed by atoms with Crippen molar-refractivity contribution in [2.75, 3.05) is 0 Å². The van der Waals surface area contributed by atoms with E-state index in [0.29, 0.717) is 0 Å². The summed E-state index contributed by atoms with van der Waals surface area (Å²) in [5.74, 6) is -1.32. The maximum Gasteiger partial charge on any atom is 0.321 e. The van der Waals surface area contributed by atoms with Gasteiger partial charge in [0.05, 0.1) is 12.3 Å². The van der Waals surface area contributed by atoms with Crippen molar-refractivity contribution in [3.63, 3.8) is 0 Å². The number of esters is 2. The number of hydrogen-bond donors (Lipinski definition) is 0. The Morgan fingerprint density at radius 1 is 1.28 bits per heavy atom. The van der Waals surface area contributed by atoms with Gasteiger partial charge in [-0.05, 0) is 18.6 Å². The normalized spacial score (nSPS) is 19.6. The molecule has 0 bridgehead atoms. The molecule has 4 heteroatoms. The van der Waals surface area contributed by atoms with E-state index in [9.17, 15) is 9.59 Å². The fourth-order valence-corrected chi connectivity index (χ4v) is 2.68. The van der Waals surface area contributed by atoms with E-state index in [4.69, 9.17) is 0 Å². The summed E-state index contributed by atoms with van der Waals surface area (Å²) in [6.07, 6.45) is 0.147. The van der Waals surface area contributed by atoms with Crippen LogP contribution >= 0.6 is 0 Å². The van der Waals surface area contributed by atoms with Gasteiger partial charge in [-0.3, -0.25) is 9.59 Å². The van der Waals surface area contributed by atoms with Crippen LogP contribution in [0.5, 0.6) is 0 Å². The molecule has 0 spiro atoms. The molecule has 1 aliphatic heterocycles. The van der Waals surface area contributed by atoms with Crippen LogP contribution in [-0.4, -0.2) is 16.5 Å². The average molecular weight is 243 g/mol. The number of nitrogens with zero attached hydrogens (tertiary/aromatic N) is 1. The Kier molecular flexibility index (Phi) is 2.26. The molecule has 0 aliphatic carbocycles. The van der Waals surface area contributed by atoms with Crippen LogP contribution in [-0.2, 0) is 21.4 Å². The predicted octanol–water partition coefficient (Wildman–Crippen LogP) is 2.04. The van der Waals surface area contributed by atoms with Gasteiger partial charge in [-0.1, -0.05) is 18.2 Å². The highest BCUT2D eigenvalue weighted by Gasteiger charge is 2.37. The second-order valence-corrected chi connectivity index (χ2v) is 4.63. The lowest BCUT2D eigenvalue weighted by atomic mass is 9.95. The minimum absolute atomic E-state index is 0.147. The van der Waals surface area contributed by atoms with E-state index in [-0.39, 0.29) is 6.42 Å². The van der Waals surface area contributed by atoms with Crippen molar-refractivity contribution in [3.05, 3.63) is 35.5 Å². The van der Waals surface area contributed by atoms with Gasteiger partial charge in [0.15, 0.2) is 0 Å². The summed E-state index contributed by atoms with van der Waals surface area (Å²) in [5.41, 5.74) is 2.99. The summed E-state index contributed by atoms with van der Waals surface area (Å²) in [4.78, 5) is 23.0. The number of fused-ring (bicyclic) bond motifs is 1. The SMILES string of the molecule is Cc1c(C2CC(=O)OC2=O)c2ccccc2n1C. The molecule has 4 nitrogen and oxygen atoms in total. The first-order chi connectivity index (χ1) is 8.59. The van der Waals surface area contributed by atoms with Crippen LogP contribution in [0.3, 0.4) is 0 Å². The first-order valence-corrected chi connectivity index (χ1v) is 5.88. The molecular weight excluding hydrogens is 230 g/mol. The summed E-state index contributed by atoms with van der Waals surface area (Å²) in [6, 6.07) is 7.89. The van der Waals surface area contributed by atoms with Gasteiger partial charge in [0.1, 0.15) is 0 Å². The van der Waals surface area contributed by atoms with E-state index >= 15 is 0 Å². The van der Waals surface area contributed by atoms with E-state index in [2.05, 4.69) is 4.74 Å². The molecule has 2 heterocycles. The summed E-state index contributed by atoms with van der Waals surface area (Å²) in [5, 5.41) is 1.02. The third-order valence-corrected chi connectivity index (χ3v) is 3.67. The lowest BCUT2D eigenvalue weighted by Crippen LogP contribution is -2.07. The molecule has 0 radical (unpaired) electrons. The van der Waals surface area contributed by atoms with E-state index < -0.39 is 17.9 Å². The Hall–Kier alpha value is -2.10. The molecule has 0 N–H and O–H groups in total. The number of rotatable bonds is 1. The van der Waals surface area contributed by atoms with Crippen molar-refractivity contribution in [2.45, 2.75) is 19.3 Å². The Balaban J connectivity index is 2.26. The maximum absolute atomic E-state index is 11.7. The topological polar surface area (TPSA) is 48.3 Å². The van der Waals surface area contributed by atoms with Crippen LogP contribution in [0.4, 0.5) is 0 Å². The quantitative estimate of drug-likeness (QED) is 0.569. The molecule has 1 fully saturated rings. The van der Waals surface area contributed by atoms with E-state index in [1.807, 2.05) is 42.8 Å². The van der Waals surface area contributed by atoms with Crippen LogP contribution in [0, 0.1) is 6.92 Å². The number of aryl methyl sites for hydroxylation is 1. The Morgan fingerprint density at radius 3 is 2.67 bits per heavy atom. The summed E-state index contributed by atoms with van der Waals surface area (Å²) in [6.45, 7) is 1.96. The smallest absolute Gasteiger partial charge is 0.321 e. The molecule has 3 rings (SSSR count). The second kappa shape index (κ2) is 3.70. The molecule has 1 saturated heterocycles. The lowest BCUT2D eigenvalue weighted by Gasteiger charge is -2.05. The molecule has 92 valence electrons. The summed E-state index contributed by atoms with van der Waals surface area (Å²) in [7, 11) is 1.96. The van der Waals surface area contributed by atoms with Gasteiger partial charge in [0.25, 0.3) is 0 Å². The average Bonchev–Trinajstić information content (AvgIpc) is 2.79. The van der Waals surface area contributed by atoms with Crippen molar-refractivity contribution in [1.29, 1.82) is 0 Å². The molecule has 1 atom stereocenters. The number of carbonyl (C=O) groups is 2. The molecule has 1 aliphatic rings. The molecular formula is C14H13NO3. The minimum atomic E-state index is -0.455. The van der Waals surface area contributed by atoms with E-state index in [0.717, 1.165) is 22.2 Å². The predicted molar refractivity (Wildman–Crippen MR) is 66.1 cm³/mol. The van der Waals surface area contributed by atoms with Gasteiger partial charge in [-0.15, -0.1) is 0 Å². The van der Waals surface area contributed by atoms with Gasteiger partial charge in [0.2, 0.25) is 0 Å². The van der Waals surface area contributed by atoms with Crippen LogP contribution in [0.15, 0.2) is 24.3 Å². The fraction of sp³-hybridized carbons (Fsp3) is 0.286. The highest BCUT2D eigenvalue weighted by molar-refractivity contribution is 6.01. The molecule has 1 unspecified atom stereocenters. The van der Waals surface area contributed by atoms with Crippen LogP contribution in [0.2, 0.25) is 0 Å². The summed E-state index contributed by atoms with van der Waals surface area (Å²) >= 11 is 0. The van der Waals surface area contributed by atoms with Crippen molar-refractivity contribution in [3.8, 4) is 0 Å². The highest BCUT2D eigenvalue weighted by atomic mass is 16.6. The van der Waals surface area contributed by atoms with Crippen molar-refractivity contribution in [1.82, 2.24) is 4.57 Å². The number of para-hydroxylation sites is 1. The van der Waals surface area contributed by atoms with Crippen molar-refractivity contribution in [2.24, 2.45) is 7.05 Å². The van der Waals surface area contributed by atoms with Crippen LogP contribution in [0.25, 0.3) is 10.9 Å². The first kappa shape index (κ1) is 11.0. The Bertz CT molecular complexity index is 669. The number of benzene rings is 1. The van der Waals surface area contributed by atoms with Gasteiger partial charge in [-0.2, -0.15) is 0 Å². The molecule has 18 heavy (non-hydrogen) atoms. The molecule has 1 aromatic carbocycles. The highest BCUT2D eigenvalue weighted by Crippen LogP contribution is 2.36. The molecule has 0 amide bonds. The minimum Gasteiger partial charge on any atom is -0.393 e. The second-order valence-electron chi connectivity index (χ2n) is 4.63. The zero-order valence-corrected chi connectivity index (χ0v) is 10.3. The number of hydrogen-bond acceptors (Lipinski definition) is 3. The van der Waals surface area contributed by atoms with Gasteiger partial charge >= 0.3 is 11.9 Å². The van der Waals surface area contributed by atoms with Crippen LogP contribution < -0.4 is 0 Å². The summed E-state index contributed by atoms with van der Waals surface area (Å²) < 4.78 is 6.70. The van der Waals surface area contributed by atoms with Crippen LogP contribution in [0.1, 0.15) is 23.6 Å². The molecule has 1 aromatic heterocycles. The number of carbonyl (C=O) groups excluding carboxylic acids is 2. The Morgan fingerprint density at radius 2 is 2.00 bits per heavy atom. The van der Waals surface area contributed by atoms with Gasteiger partial charge < -0.3 is 9.30 Å². The van der Waals surface area contributed by atoms with Crippen molar-refractivity contribution < 1.29 is 14.3 Å². The molecule has 0 saturated carbocycles. The standard InChI is InChI=1S/C14H13NO3/c1-8-13(10-7-12(16)18-14(10)17)9-5-3-4-6-11(9)15(8)2/h3-6,10H,7H2,1-2H3. The zero-order valence-electron chi connectivity index (χ0n) is 10.3. The zero-order chi connectivity index (χ0) is 12.9. The van der Waals surface area contributed by atoms with E-state index in [1.54, 1.807) is 0 Å². The lowest BCUT2D eigenvalue weighted by molar-refractivity contribution is -0.152. The number of aromatic nitrogens is 1. The number of cyclic esters (lactones) is 2. The van der Waals surface area contributed by atoms with E-state index in [1.165, 1.54) is 0 Å². The van der Waals surface area contributed by atoms with Crippen molar-refractivity contribution >= 4 is 22.8 Å². The largest absolute Gasteiger partial charge is 0.393 e. The fourth-order valence-electron chi connectivity index (χ4n) is 2.68. The van der Waals surface area contributed by atoms with Gasteiger partial charge in [0, 0.05) is 23.6 Å². The maximum atomic E-state index is 11.7. The number of ether oxygens (including phenoxy) is 1. The molecule has 2 aromatic rings. The monoisotopic (exact) mass is 243 g/mol. The Labute approximate surface area is 104 Å². The third kappa shape index (κ3) is 1.38.